The van der Waals surface area contributed by atoms with E-state index in [1.165, 1.54) is 10.4 Å². The third-order valence-electron chi connectivity index (χ3n) is 5.30. The summed E-state index contributed by atoms with van der Waals surface area (Å²) in [6.07, 6.45) is 1.53. The fourth-order valence-corrected chi connectivity index (χ4v) is 4.36. The molecule has 146 valence electrons. The summed E-state index contributed by atoms with van der Waals surface area (Å²) in [6.45, 7) is 5.98. The zero-order valence-corrected chi connectivity index (χ0v) is 16.5. The first-order valence-corrected chi connectivity index (χ1v) is 10.4. The van der Waals surface area contributed by atoms with Crippen LogP contribution in [0.1, 0.15) is 4.88 Å². The van der Waals surface area contributed by atoms with Crippen molar-refractivity contribution in [2.75, 3.05) is 44.3 Å². The van der Waals surface area contributed by atoms with Gasteiger partial charge in [0, 0.05) is 65.0 Å². The molecular formula is C20H22N4O3S. The quantitative estimate of drug-likeness (QED) is 0.733. The van der Waals surface area contributed by atoms with Gasteiger partial charge in [-0.15, -0.1) is 11.3 Å². The molecule has 2 aliphatic heterocycles. The van der Waals surface area contributed by atoms with Crippen LogP contribution >= 0.6 is 11.3 Å². The molecule has 28 heavy (non-hydrogen) atoms. The zero-order chi connectivity index (χ0) is 19.1. The number of nitrogens with one attached hydrogen (secondary N) is 1. The van der Waals surface area contributed by atoms with E-state index in [-0.39, 0.29) is 12.2 Å². The highest BCUT2D eigenvalue weighted by atomic mass is 32.1. The first-order chi connectivity index (χ1) is 13.7. The molecule has 3 aromatic heterocycles. The van der Waals surface area contributed by atoms with Gasteiger partial charge in [0.15, 0.2) is 6.10 Å². The molecular weight excluding hydrogens is 376 g/mol. The van der Waals surface area contributed by atoms with Gasteiger partial charge in [-0.05, 0) is 25.1 Å². The van der Waals surface area contributed by atoms with Crippen LogP contribution in [-0.2, 0) is 9.47 Å². The number of hydrogen-bond donors (Lipinski definition) is 1. The smallest absolute Gasteiger partial charge is 0.410 e. The van der Waals surface area contributed by atoms with Crippen LogP contribution in [-0.4, -0.2) is 66.5 Å². The molecule has 0 unspecified atom stereocenters. The maximum atomic E-state index is 12.2. The second-order valence-electron chi connectivity index (χ2n) is 7.24. The lowest BCUT2D eigenvalue weighted by Crippen LogP contribution is -2.51. The molecule has 3 aromatic rings. The summed E-state index contributed by atoms with van der Waals surface area (Å²) in [5, 5.41) is 3.28. The highest BCUT2D eigenvalue weighted by Gasteiger charge is 2.28. The minimum Gasteiger partial charge on any atom is -0.441 e. The minimum atomic E-state index is -0.232. The molecule has 2 saturated heterocycles. The summed E-state index contributed by atoms with van der Waals surface area (Å²) in [4.78, 5) is 25.6. The molecule has 0 radical (unpaired) electrons. The molecule has 0 spiro atoms. The maximum absolute atomic E-state index is 12.2. The second-order valence-corrected chi connectivity index (χ2v) is 8.35. The number of aryl methyl sites for hydroxylation is 1. The van der Waals surface area contributed by atoms with Crippen LogP contribution in [0.15, 0.2) is 29.8 Å². The van der Waals surface area contributed by atoms with E-state index in [0.29, 0.717) is 26.3 Å². The number of fused-ring (bicyclic) bond motifs is 1. The number of carbonyl (C=O) groups excluding carboxylic acids is 1. The molecule has 2 aliphatic rings. The van der Waals surface area contributed by atoms with Gasteiger partial charge < -0.3 is 24.3 Å². The minimum absolute atomic E-state index is 0.0793. The van der Waals surface area contributed by atoms with Crippen molar-refractivity contribution in [3.8, 4) is 11.3 Å². The van der Waals surface area contributed by atoms with E-state index >= 15 is 0 Å². The van der Waals surface area contributed by atoms with E-state index in [4.69, 9.17) is 9.47 Å². The van der Waals surface area contributed by atoms with E-state index in [9.17, 15) is 4.79 Å². The van der Waals surface area contributed by atoms with E-state index in [1.807, 2.05) is 6.20 Å². The van der Waals surface area contributed by atoms with E-state index in [0.717, 1.165) is 35.5 Å². The predicted octanol–water partition coefficient (Wildman–Crippen LogP) is 3.26. The van der Waals surface area contributed by atoms with Crippen LogP contribution in [0.5, 0.6) is 0 Å². The van der Waals surface area contributed by atoms with Crippen LogP contribution in [0.3, 0.4) is 0 Å². The van der Waals surface area contributed by atoms with E-state index < -0.39 is 0 Å². The van der Waals surface area contributed by atoms with Gasteiger partial charge in [-0.3, -0.25) is 0 Å². The molecule has 2 fully saturated rings. The lowest BCUT2D eigenvalue weighted by molar-refractivity contribution is -0.104. The van der Waals surface area contributed by atoms with E-state index in [2.05, 4.69) is 45.4 Å². The van der Waals surface area contributed by atoms with Crippen molar-refractivity contribution in [3.63, 3.8) is 0 Å². The summed E-state index contributed by atoms with van der Waals surface area (Å²) >= 11 is 1.75. The fraction of sp³-hybridized carbons (Fsp3) is 0.400. The average Bonchev–Trinajstić information content (AvgIpc) is 3.30. The Hall–Kier alpha value is -2.58. The number of carbonyl (C=O) groups is 1. The van der Waals surface area contributed by atoms with Crippen molar-refractivity contribution in [2.24, 2.45) is 0 Å². The highest BCUT2D eigenvalue weighted by Crippen LogP contribution is 2.32. The number of anilines is 1. The molecule has 8 heteroatoms. The van der Waals surface area contributed by atoms with Gasteiger partial charge in [0.1, 0.15) is 5.65 Å². The molecule has 0 saturated carbocycles. The molecule has 1 N–H and O–H groups in total. The summed E-state index contributed by atoms with van der Waals surface area (Å²) in [5.41, 5.74) is 4.33. The summed E-state index contributed by atoms with van der Waals surface area (Å²) < 4.78 is 10.5. The van der Waals surface area contributed by atoms with Gasteiger partial charge in [0.05, 0.1) is 13.2 Å². The Morgan fingerprint density at radius 3 is 2.79 bits per heavy atom. The summed E-state index contributed by atoms with van der Waals surface area (Å²) in [6, 6.07) is 6.42. The topological polar surface area (TPSA) is 70.7 Å². The third kappa shape index (κ3) is 3.22. The number of aromatic nitrogens is 2. The van der Waals surface area contributed by atoms with Crippen LogP contribution in [0.25, 0.3) is 22.3 Å². The number of rotatable bonds is 3. The Labute approximate surface area is 166 Å². The molecule has 0 aromatic carbocycles. The molecule has 0 aliphatic carbocycles. The molecule has 1 amide bonds. The van der Waals surface area contributed by atoms with Crippen LogP contribution < -0.4 is 4.90 Å². The Bertz CT molecular complexity index is 1000. The lowest BCUT2D eigenvalue weighted by atomic mass is 10.2. The number of pyridine rings is 1. The third-order valence-corrected chi connectivity index (χ3v) is 6.17. The molecule has 0 bridgehead atoms. The number of hydrogen-bond acceptors (Lipinski definition) is 6. The number of H-pyrrole nitrogens is 1. The number of piperazine rings is 1. The Morgan fingerprint density at radius 2 is 2.11 bits per heavy atom. The molecule has 5 rings (SSSR count). The number of amides is 1. The SMILES string of the molecule is Cc1cc(-c2cc3c(N4CCN(C(=O)OC5COC5)CC4)ccnc3[nH]2)cs1. The molecule has 0 atom stereocenters. The van der Waals surface area contributed by atoms with Crippen molar-refractivity contribution in [1.29, 1.82) is 0 Å². The molecule has 7 nitrogen and oxygen atoms in total. The van der Waals surface area contributed by atoms with Gasteiger partial charge in [-0.2, -0.15) is 0 Å². The summed E-state index contributed by atoms with van der Waals surface area (Å²) in [5.74, 6) is 0. The number of ether oxygens (including phenoxy) is 2. The number of aromatic amines is 1. The zero-order valence-electron chi connectivity index (χ0n) is 15.7. The lowest BCUT2D eigenvalue weighted by Gasteiger charge is -2.37. The van der Waals surface area contributed by atoms with Crippen molar-refractivity contribution < 1.29 is 14.3 Å². The van der Waals surface area contributed by atoms with Gasteiger partial charge in [0.25, 0.3) is 0 Å². The Kier molecular flexibility index (Phi) is 4.44. The maximum Gasteiger partial charge on any atom is 0.410 e. The van der Waals surface area contributed by atoms with Crippen LogP contribution in [0.2, 0.25) is 0 Å². The van der Waals surface area contributed by atoms with Gasteiger partial charge in [-0.25, -0.2) is 9.78 Å². The Balaban J connectivity index is 1.32. The first kappa shape index (κ1) is 17.5. The Morgan fingerprint density at radius 1 is 1.29 bits per heavy atom. The van der Waals surface area contributed by atoms with Crippen molar-refractivity contribution >= 4 is 34.2 Å². The predicted molar refractivity (Wildman–Crippen MR) is 109 cm³/mol. The van der Waals surface area contributed by atoms with Crippen LogP contribution in [0.4, 0.5) is 10.5 Å². The van der Waals surface area contributed by atoms with Gasteiger partial charge in [-0.1, -0.05) is 0 Å². The second kappa shape index (κ2) is 7.10. The standard InChI is InChI=1S/C20H22N4O3S/c1-13-8-14(12-28-13)17-9-16-18(2-3-21-19(16)22-17)23-4-6-24(7-5-23)20(25)27-15-10-26-11-15/h2-3,8-9,12,15H,4-7,10-11H2,1H3,(H,21,22). The first-order valence-electron chi connectivity index (χ1n) is 9.49. The van der Waals surface area contributed by atoms with Crippen molar-refractivity contribution in [2.45, 2.75) is 13.0 Å². The monoisotopic (exact) mass is 398 g/mol. The van der Waals surface area contributed by atoms with Gasteiger partial charge in [0.2, 0.25) is 0 Å². The van der Waals surface area contributed by atoms with E-state index in [1.54, 1.807) is 16.2 Å². The largest absolute Gasteiger partial charge is 0.441 e. The highest BCUT2D eigenvalue weighted by molar-refractivity contribution is 7.10. The number of nitrogens with zero attached hydrogens (tertiary/aromatic N) is 3. The summed E-state index contributed by atoms with van der Waals surface area (Å²) in [7, 11) is 0. The number of thiophene rings is 1. The fourth-order valence-electron chi connectivity index (χ4n) is 3.66. The van der Waals surface area contributed by atoms with Crippen LogP contribution in [0, 0.1) is 6.92 Å². The molecule has 5 heterocycles. The normalized spacial score (nSPS) is 17.8. The van der Waals surface area contributed by atoms with Gasteiger partial charge >= 0.3 is 6.09 Å². The van der Waals surface area contributed by atoms with Crippen molar-refractivity contribution in [3.05, 3.63) is 34.7 Å². The van der Waals surface area contributed by atoms with Crippen molar-refractivity contribution in [1.82, 2.24) is 14.9 Å². The average molecular weight is 398 g/mol.